The molecular weight excluding hydrogens is 304 g/mol. The monoisotopic (exact) mass is 328 g/mol. The van der Waals surface area contributed by atoms with Crippen LogP contribution in [-0.2, 0) is 0 Å². The van der Waals surface area contributed by atoms with Gasteiger partial charge in [0.15, 0.2) is 11.6 Å². The summed E-state index contributed by atoms with van der Waals surface area (Å²) in [6.07, 6.45) is 0. The molecule has 0 aromatic heterocycles. The molecular formula is C20H24O4. The van der Waals surface area contributed by atoms with Crippen LogP contribution in [0.25, 0.3) is 0 Å². The van der Waals surface area contributed by atoms with E-state index in [1.807, 2.05) is 26.0 Å². The number of Topliss-reactive ketones (excluding diaryl/α,β-unsaturated/α-hetero) is 2. The molecule has 0 saturated carbocycles. The summed E-state index contributed by atoms with van der Waals surface area (Å²) < 4.78 is 0. The van der Waals surface area contributed by atoms with Crippen LogP contribution in [0.4, 0.5) is 0 Å². The Hall–Kier alpha value is -2.62. The van der Waals surface area contributed by atoms with Crippen LogP contribution in [0.3, 0.4) is 0 Å². The van der Waals surface area contributed by atoms with E-state index in [0.29, 0.717) is 11.1 Å². The summed E-state index contributed by atoms with van der Waals surface area (Å²) in [7, 11) is 0. The van der Waals surface area contributed by atoms with Gasteiger partial charge in [-0.15, -0.1) is 0 Å². The molecule has 2 rings (SSSR count). The van der Waals surface area contributed by atoms with Gasteiger partial charge in [0, 0.05) is 0 Å². The van der Waals surface area contributed by atoms with Crippen LogP contribution in [0.1, 0.15) is 56.8 Å². The van der Waals surface area contributed by atoms with Gasteiger partial charge in [-0.05, 0) is 75.9 Å². The maximum absolute atomic E-state index is 11.0. The standard InChI is InChI=1S/2C10H12O2/c2*1-6-4-7(2)10(12)9(5-6)8(3)11/h2*4-5,12H,1-3H3. The number of carbonyl (C=O) groups excluding carboxylic acids is 2. The minimum absolute atomic E-state index is 0.0979. The predicted molar refractivity (Wildman–Crippen MR) is 95.2 cm³/mol. The Bertz CT molecular complexity index is 721. The molecule has 0 aliphatic carbocycles. The summed E-state index contributed by atoms with van der Waals surface area (Å²) in [4.78, 5) is 22.0. The van der Waals surface area contributed by atoms with Gasteiger partial charge in [-0.1, -0.05) is 12.1 Å². The fourth-order valence-corrected chi connectivity index (χ4v) is 2.46. The topological polar surface area (TPSA) is 74.6 Å². The Kier molecular flexibility index (Phi) is 6.29. The van der Waals surface area contributed by atoms with Crippen LogP contribution < -0.4 is 0 Å². The first-order chi connectivity index (χ1) is 11.0. The van der Waals surface area contributed by atoms with Crippen molar-refractivity contribution in [3.63, 3.8) is 0 Å². The number of carbonyl (C=O) groups is 2. The van der Waals surface area contributed by atoms with Crippen molar-refractivity contribution >= 4 is 11.6 Å². The molecule has 0 bridgehead atoms. The molecule has 0 unspecified atom stereocenters. The van der Waals surface area contributed by atoms with Crippen molar-refractivity contribution in [1.29, 1.82) is 0 Å². The first-order valence-corrected chi connectivity index (χ1v) is 7.66. The molecule has 0 heterocycles. The molecule has 0 aliphatic rings. The lowest BCUT2D eigenvalue weighted by atomic mass is 10.0. The smallest absolute Gasteiger partial charge is 0.163 e. The average molecular weight is 328 g/mol. The van der Waals surface area contributed by atoms with E-state index in [2.05, 4.69) is 0 Å². The summed E-state index contributed by atoms with van der Waals surface area (Å²) >= 11 is 0. The first-order valence-electron chi connectivity index (χ1n) is 7.66. The normalized spacial score (nSPS) is 9.92. The first kappa shape index (κ1) is 19.4. The number of aromatic hydroxyl groups is 2. The second kappa shape index (κ2) is 7.77. The number of hydrogen-bond donors (Lipinski definition) is 2. The Balaban J connectivity index is 0.000000240. The number of phenolic OH excluding ortho intramolecular Hbond substituents is 2. The molecule has 4 heteroatoms. The lowest BCUT2D eigenvalue weighted by Crippen LogP contribution is -1.95. The largest absolute Gasteiger partial charge is 0.507 e. The molecule has 0 atom stereocenters. The second-order valence-electron chi connectivity index (χ2n) is 6.07. The van der Waals surface area contributed by atoms with Crippen molar-refractivity contribution in [2.75, 3.05) is 0 Å². The van der Waals surface area contributed by atoms with Gasteiger partial charge in [-0.2, -0.15) is 0 Å². The summed E-state index contributed by atoms with van der Waals surface area (Å²) in [6, 6.07) is 7.10. The Morgan fingerprint density at radius 3 is 1.21 bits per heavy atom. The van der Waals surface area contributed by atoms with Crippen LogP contribution in [-0.4, -0.2) is 21.8 Å². The summed E-state index contributed by atoms with van der Waals surface area (Å²) in [5.41, 5.74) is 4.31. The molecule has 128 valence electrons. The van der Waals surface area contributed by atoms with Gasteiger partial charge in [-0.25, -0.2) is 0 Å². The number of phenols is 2. The van der Waals surface area contributed by atoms with Crippen LogP contribution in [0.5, 0.6) is 11.5 Å². The molecule has 2 aromatic rings. The van der Waals surface area contributed by atoms with Crippen LogP contribution in [0.15, 0.2) is 24.3 Å². The van der Waals surface area contributed by atoms with E-state index in [9.17, 15) is 19.8 Å². The van der Waals surface area contributed by atoms with E-state index in [-0.39, 0.29) is 23.1 Å². The van der Waals surface area contributed by atoms with E-state index in [0.717, 1.165) is 22.3 Å². The second-order valence-corrected chi connectivity index (χ2v) is 6.07. The number of benzene rings is 2. The maximum Gasteiger partial charge on any atom is 0.163 e. The van der Waals surface area contributed by atoms with Gasteiger partial charge in [0.1, 0.15) is 11.5 Å². The molecule has 2 aromatic carbocycles. The van der Waals surface area contributed by atoms with Gasteiger partial charge in [0.25, 0.3) is 0 Å². The van der Waals surface area contributed by atoms with Gasteiger partial charge in [-0.3, -0.25) is 9.59 Å². The van der Waals surface area contributed by atoms with E-state index in [1.54, 1.807) is 26.0 Å². The molecule has 0 amide bonds. The van der Waals surface area contributed by atoms with Crippen LogP contribution in [0.2, 0.25) is 0 Å². The zero-order chi connectivity index (χ0) is 18.6. The van der Waals surface area contributed by atoms with Crippen molar-refractivity contribution in [2.45, 2.75) is 41.5 Å². The molecule has 0 spiro atoms. The van der Waals surface area contributed by atoms with Gasteiger partial charge in [0.05, 0.1) is 11.1 Å². The summed E-state index contributed by atoms with van der Waals surface area (Å²) in [5.74, 6) is 0.0137. The third kappa shape index (κ3) is 4.69. The van der Waals surface area contributed by atoms with Gasteiger partial charge in [0.2, 0.25) is 0 Å². The molecule has 0 saturated heterocycles. The lowest BCUT2D eigenvalue weighted by molar-refractivity contribution is 0.100. The molecule has 0 radical (unpaired) electrons. The highest BCUT2D eigenvalue weighted by Crippen LogP contribution is 2.24. The number of rotatable bonds is 2. The molecule has 2 N–H and O–H groups in total. The third-order valence-electron chi connectivity index (χ3n) is 3.65. The minimum Gasteiger partial charge on any atom is -0.507 e. The Morgan fingerprint density at radius 1 is 0.667 bits per heavy atom. The number of ketones is 2. The predicted octanol–water partition coefficient (Wildman–Crippen LogP) is 4.42. The Labute approximate surface area is 142 Å². The quantitative estimate of drug-likeness (QED) is 0.800. The Morgan fingerprint density at radius 2 is 0.958 bits per heavy atom. The van der Waals surface area contributed by atoms with E-state index in [4.69, 9.17) is 0 Å². The highest BCUT2D eigenvalue weighted by Gasteiger charge is 2.09. The number of hydrogen-bond acceptors (Lipinski definition) is 4. The fraction of sp³-hybridized carbons (Fsp3) is 0.300. The minimum atomic E-state index is -0.0979. The van der Waals surface area contributed by atoms with Crippen molar-refractivity contribution in [1.82, 2.24) is 0 Å². The zero-order valence-electron chi connectivity index (χ0n) is 15.0. The molecule has 24 heavy (non-hydrogen) atoms. The van der Waals surface area contributed by atoms with E-state index < -0.39 is 0 Å². The van der Waals surface area contributed by atoms with Crippen molar-refractivity contribution in [2.24, 2.45) is 0 Å². The third-order valence-corrected chi connectivity index (χ3v) is 3.65. The average Bonchev–Trinajstić information content (AvgIpc) is 2.46. The van der Waals surface area contributed by atoms with E-state index in [1.165, 1.54) is 13.8 Å². The number of aryl methyl sites for hydroxylation is 4. The fourth-order valence-electron chi connectivity index (χ4n) is 2.46. The van der Waals surface area contributed by atoms with Gasteiger partial charge < -0.3 is 10.2 Å². The van der Waals surface area contributed by atoms with Crippen LogP contribution in [0, 0.1) is 27.7 Å². The van der Waals surface area contributed by atoms with Crippen molar-refractivity contribution < 1.29 is 19.8 Å². The SMILES string of the molecule is CC(=O)c1cc(C)cc(C)c1O.CC(=O)c1cc(C)cc(C)c1O. The zero-order valence-corrected chi connectivity index (χ0v) is 15.0. The highest BCUT2D eigenvalue weighted by molar-refractivity contribution is 5.97. The van der Waals surface area contributed by atoms with Crippen molar-refractivity contribution in [3.05, 3.63) is 57.6 Å². The highest BCUT2D eigenvalue weighted by atomic mass is 16.3. The summed E-state index contributed by atoms with van der Waals surface area (Å²) in [6.45, 7) is 10.3. The molecule has 4 nitrogen and oxygen atoms in total. The maximum atomic E-state index is 11.0. The van der Waals surface area contributed by atoms with Gasteiger partial charge >= 0.3 is 0 Å². The lowest BCUT2D eigenvalue weighted by Gasteiger charge is -2.05. The molecule has 0 fully saturated rings. The summed E-state index contributed by atoms with van der Waals surface area (Å²) in [5, 5.41) is 18.9. The molecule has 0 aliphatic heterocycles. The van der Waals surface area contributed by atoms with E-state index >= 15 is 0 Å². The van der Waals surface area contributed by atoms with Crippen molar-refractivity contribution in [3.8, 4) is 11.5 Å². The van der Waals surface area contributed by atoms with Crippen LogP contribution >= 0.6 is 0 Å².